The quantitative estimate of drug-likeness (QED) is 0.748. The van der Waals surface area contributed by atoms with Crippen molar-refractivity contribution in [1.82, 2.24) is 15.5 Å². The van der Waals surface area contributed by atoms with Crippen LogP contribution in [0.15, 0.2) is 0 Å². The lowest BCUT2D eigenvalue weighted by atomic mass is 9.77. The van der Waals surface area contributed by atoms with Gasteiger partial charge in [0.25, 0.3) is 0 Å². The van der Waals surface area contributed by atoms with E-state index in [1.165, 1.54) is 0 Å². The zero-order valence-electron chi connectivity index (χ0n) is 12.4. The molecule has 0 aromatic rings. The predicted molar refractivity (Wildman–Crippen MR) is 75.8 cm³/mol. The third kappa shape index (κ3) is 3.93. The van der Waals surface area contributed by atoms with Crippen molar-refractivity contribution in [3.63, 3.8) is 0 Å². The Kier molecular flexibility index (Phi) is 6.28. The predicted octanol–water partition coefficient (Wildman–Crippen LogP) is 0.751. The van der Waals surface area contributed by atoms with E-state index in [0.29, 0.717) is 6.54 Å². The van der Waals surface area contributed by atoms with Gasteiger partial charge in [0.2, 0.25) is 11.8 Å². The molecule has 1 unspecified atom stereocenters. The normalized spacial score (nSPS) is 22.9. The fourth-order valence-electron chi connectivity index (χ4n) is 2.71. The number of nitrogens with one attached hydrogen (secondary N) is 2. The van der Waals surface area contributed by atoms with Crippen LogP contribution in [0.25, 0.3) is 0 Å². The number of rotatable bonds is 6. The minimum Gasteiger partial charge on any atom is -0.358 e. The van der Waals surface area contributed by atoms with Crippen LogP contribution in [0, 0.1) is 5.41 Å². The molecule has 1 aliphatic heterocycles. The van der Waals surface area contributed by atoms with Crippen LogP contribution in [0.3, 0.4) is 0 Å². The highest BCUT2D eigenvalue weighted by atomic mass is 16.2. The fraction of sp³-hybridized carbons (Fsp3) is 0.857. The van der Waals surface area contributed by atoms with Crippen molar-refractivity contribution < 1.29 is 9.59 Å². The molecule has 0 bridgehead atoms. The van der Waals surface area contributed by atoms with Crippen molar-refractivity contribution >= 4 is 11.8 Å². The molecule has 1 heterocycles. The monoisotopic (exact) mass is 269 g/mol. The molecule has 0 aromatic carbocycles. The van der Waals surface area contributed by atoms with E-state index in [1.807, 2.05) is 6.92 Å². The highest BCUT2D eigenvalue weighted by Crippen LogP contribution is 2.32. The largest absolute Gasteiger partial charge is 0.358 e. The van der Waals surface area contributed by atoms with E-state index < -0.39 is 0 Å². The Bertz CT molecular complexity index is 312. The van der Waals surface area contributed by atoms with Crippen molar-refractivity contribution in [2.45, 2.75) is 39.5 Å². The van der Waals surface area contributed by atoms with Gasteiger partial charge in [0, 0.05) is 20.1 Å². The van der Waals surface area contributed by atoms with E-state index in [1.54, 1.807) is 11.9 Å². The molecule has 110 valence electrons. The Morgan fingerprint density at radius 3 is 2.58 bits per heavy atom. The van der Waals surface area contributed by atoms with Crippen LogP contribution in [0.1, 0.15) is 39.5 Å². The summed E-state index contributed by atoms with van der Waals surface area (Å²) in [4.78, 5) is 26.1. The number of amides is 2. The topological polar surface area (TPSA) is 61.4 Å². The Hall–Kier alpha value is -1.10. The van der Waals surface area contributed by atoms with E-state index in [9.17, 15) is 9.59 Å². The maximum atomic E-state index is 12.8. The summed E-state index contributed by atoms with van der Waals surface area (Å²) in [6.07, 6.45) is 3.64. The van der Waals surface area contributed by atoms with E-state index in [0.717, 1.165) is 38.8 Å². The summed E-state index contributed by atoms with van der Waals surface area (Å²) in [7, 11) is 1.61. The number of likely N-dealkylation sites (N-methyl/N-ethyl adjacent to an activating group) is 1. The Morgan fingerprint density at radius 2 is 2.11 bits per heavy atom. The average Bonchev–Trinajstić information content (AvgIpc) is 2.46. The summed E-state index contributed by atoms with van der Waals surface area (Å²) in [5, 5.41) is 5.92. The SMILES string of the molecule is CCCN(CC(=O)NC)C(=O)C1(CC)CCCNC1. The van der Waals surface area contributed by atoms with Crippen LogP contribution in [0.4, 0.5) is 0 Å². The smallest absolute Gasteiger partial charge is 0.239 e. The van der Waals surface area contributed by atoms with Gasteiger partial charge in [-0.05, 0) is 32.2 Å². The minimum atomic E-state index is -0.318. The van der Waals surface area contributed by atoms with Crippen LogP contribution in [0.5, 0.6) is 0 Å². The molecule has 5 heteroatoms. The number of hydrogen-bond donors (Lipinski definition) is 2. The maximum Gasteiger partial charge on any atom is 0.239 e. The third-order valence-electron chi connectivity index (χ3n) is 4.00. The van der Waals surface area contributed by atoms with Gasteiger partial charge in [0.05, 0.1) is 12.0 Å². The Balaban J connectivity index is 2.80. The molecule has 2 amide bonds. The van der Waals surface area contributed by atoms with Gasteiger partial charge in [-0.15, -0.1) is 0 Å². The summed E-state index contributed by atoms with van der Waals surface area (Å²) in [5.41, 5.74) is -0.318. The summed E-state index contributed by atoms with van der Waals surface area (Å²) < 4.78 is 0. The molecule has 1 saturated heterocycles. The highest BCUT2D eigenvalue weighted by molar-refractivity contribution is 5.88. The van der Waals surface area contributed by atoms with E-state index in [-0.39, 0.29) is 23.8 Å². The van der Waals surface area contributed by atoms with Crippen LogP contribution in [-0.2, 0) is 9.59 Å². The van der Waals surface area contributed by atoms with Crippen molar-refractivity contribution in [3.8, 4) is 0 Å². The molecule has 5 nitrogen and oxygen atoms in total. The van der Waals surface area contributed by atoms with Crippen molar-refractivity contribution in [1.29, 1.82) is 0 Å². The summed E-state index contributed by atoms with van der Waals surface area (Å²) >= 11 is 0. The Labute approximate surface area is 116 Å². The van der Waals surface area contributed by atoms with Gasteiger partial charge < -0.3 is 15.5 Å². The molecule has 1 rings (SSSR count). The number of carbonyl (C=O) groups excluding carboxylic acids is 2. The lowest BCUT2D eigenvalue weighted by molar-refractivity contribution is -0.146. The number of carbonyl (C=O) groups is 2. The van der Waals surface area contributed by atoms with E-state index in [4.69, 9.17) is 0 Å². The number of piperidine rings is 1. The van der Waals surface area contributed by atoms with Crippen LogP contribution in [-0.4, -0.2) is 49.9 Å². The molecule has 2 N–H and O–H groups in total. The first-order valence-corrected chi connectivity index (χ1v) is 7.30. The molecule has 0 aliphatic carbocycles. The highest BCUT2D eigenvalue weighted by Gasteiger charge is 2.40. The first-order valence-electron chi connectivity index (χ1n) is 7.30. The third-order valence-corrected chi connectivity index (χ3v) is 4.00. The second-order valence-corrected chi connectivity index (χ2v) is 5.31. The summed E-state index contributed by atoms with van der Waals surface area (Å²) in [6, 6.07) is 0. The summed E-state index contributed by atoms with van der Waals surface area (Å²) in [6.45, 7) is 6.63. The Morgan fingerprint density at radius 1 is 1.37 bits per heavy atom. The second-order valence-electron chi connectivity index (χ2n) is 5.31. The molecule has 1 atom stereocenters. The van der Waals surface area contributed by atoms with Gasteiger partial charge in [-0.3, -0.25) is 9.59 Å². The molecule has 0 aromatic heterocycles. The van der Waals surface area contributed by atoms with Crippen LogP contribution in [0.2, 0.25) is 0 Å². The minimum absolute atomic E-state index is 0.100. The first-order chi connectivity index (χ1) is 9.09. The molecule has 0 saturated carbocycles. The van der Waals surface area contributed by atoms with Crippen LogP contribution < -0.4 is 10.6 Å². The van der Waals surface area contributed by atoms with Gasteiger partial charge in [0.15, 0.2) is 0 Å². The average molecular weight is 269 g/mol. The van der Waals surface area contributed by atoms with Gasteiger partial charge >= 0.3 is 0 Å². The van der Waals surface area contributed by atoms with Gasteiger partial charge in [-0.1, -0.05) is 13.8 Å². The lowest BCUT2D eigenvalue weighted by Crippen LogP contribution is -2.53. The second kappa shape index (κ2) is 7.48. The van der Waals surface area contributed by atoms with Gasteiger partial charge in [-0.25, -0.2) is 0 Å². The van der Waals surface area contributed by atoms with Gasteiger partial charge in [0.1, 0.15) is 0 Å². The fourth-order valence-corrected chi connectivity index (χ4v) is 2.71. The lowest BCUT2D eigenvalue weighted by Gasteiger charge is -2.39. The standard InChI is InChI=1S/C14H27N3O2/c1-4-9-17(10-12(18)15-3)13(19)14(5-2)7-6-8-16-11-14/h16H,4-11H2,1-3H3,(H,15,18). The van der Waals surface area contributed by atoms with Crippen molar-refractivity contribution in [2.75, 3.05) is 33.2 Å². The van der Waals surface area contributed by atoms with Gasteiger partial charge in [-0.2, -0.15) is 0 Å². The molecule has 1 aliphatic rings. The molecular weight excluding hydrogens is 242 g/mol. The summed E-state index contributed by atoms with van der Waals surface area (Å²) in [5.74, 6) is 0.0319. The van der Waals surface area contributed by atoms with E-state index in [2.05, 4.69) is 17.6 Å². The van der Waals surface area contributed by atoms with E-state index >= 15 is 0 Å². The molecule has 0 spiro atoms. The number of nitrogens with zero attached hydrogens (tertiary/aromatic N) is 1. The number of hydrogen-bond acceptors (Lipinski definition) is 3. The van der Waals surface area contributed by atoms with Crippen LogP contribution >= 0.6 is 0 Å². The zero-order valence-corrected chi connectivity index (χ0v) is 12.4. The zero-order chi connectivity index (χ0) is 14.3. The van der Waals surface area contributed by atoms with Crippen molar-refractivity contribution in [2.24, 2.45) is 5.41 Å². The molecular formula is C14H27N3O2. The van der Waals surface area contributed by atoms with Crippen molar-refractivity contribution in [3.05, 3.63) is 0 Å². The molecule has 0 radical (unpaired) electrons. The molecule has 19 heavy (non-hydrogen) atoms. The molecule has 1 fully saturated rings. The maximum absolute atomic E-state index is 12.8. The first kappa shape index (κ1) is 16.0.